The van der Waals surface area contributed by atoms with Gasteiger partial charge in [0, 0.05) is 33.4 Å². The van der Waals surface area contributed by atoms with Gasteiger partial charge in [-0.05, 0) is 110 Å². The molecule has 290 valence electrons. The predicted molar refractivity (Wildman–Crippen MR) is 259 cm³/mol. The third kappa shape index (κ3) is 6.36. The topological polar surface area (TPSA) is 6.48 Å². The highest BCUT2D eigenvalue weighted by Crippen LogP contribution is 2.55. The standard InChI is InChI=1S/C59H44N2/c1-59(2)54-23-13-14-24-56(54)61(57-40-48(34-38-55(57)59)47-30-27-41-15-9-10-17-46(41)39-47)58-52-22-12-11-16-44(52)33-37-53(58)45-28-25-42(26-29-45)43-31-35-51(36-32-43)60(49-18-5-3-6-19-49)50-20-7-4-8-21-50/h3-40H,1-2H3. The van der Waals surface area contributed by atoms with Crippen molar-refractivity contribution in [1.29, 1.82) is 0 Å². The van der Waals surface area contributed by atoms with E-state index in [-0.39, 0.29) is 5.41 Å². The molecule has 0 radical (unpaired) electrons. The van der Waals surface area contributed by atoms with Crippen molar-refractivity contribution in [3.8, 4) is 33.4 Å². The van der Waals surface area contributed by atoms with Crippen molar-refractivity contribution in [1.82, 2.24) is 0 Å². The number of anilines is 6. The molecule has 2 nitrogen and oxygen atoms in total. The van der Waals surface area contributed by atoms with Gasteiger partial charge in [0.05, 0.1) is 17.1 Å². The molecule has 0 spiro atoms. The fraction of sp³-hybridized carbons (Fsp3) is 0.0508. The molecule has 0 N–H and O–H groups in total. The van der Waals surface area contributed by atoms with Gasteiger partial charge >= 0.3 is 0 Å². The van der Waals surface area contributed by atoms with Crippen LogP contribution >= 0.6 is 0 Å². The highest BCUT2D eigenvalue weighted by Gasteiger charge is 2.38. The van der Waals surface area contributed by atoms with E-state index in [2.05, 4.69) is 254 Å². The zero-order valence-corrected chi connectivity index (χ0v) is 34.3. The van der Waals surface area contributed by atoms with Crippen molar-refractivity contribution < 1.29 is 0 Å². The van der Waals surface area contributed by atoms with Crippen LogP contribution in [0.5, 0.6) is 0 Å². The summed E-state index contributed by atoms with van der Waals surface area (Å²) in [4.78, 5) is 4.85. The molecule has 0 fully saturated rings. The molecule has 1 aliphatic rings. The summed E-state index contributed by atoms with van der Waals surface area (Å²) in [6.45, 7) is 4.74. The number of hydrogen-bond acceptors (Lipinski definition) is 2. The van der Waals surface area contributed by atoms with Gasteiger partial charge in [-0.3, -0.25) is 0 Å². The number of nitrogens with zero attached hydrogens (tertiary/aromatic N) is 2. The molecular weight excluding hydrogens is 737 g/mol. The van der Waals surface area contributed by atoms with E-state index in [1.807, 2.05) is 0 Å². The first-order chi connectivity index (χ1) is 30.0. The molecule has 0 atom stereocenters. The van der Waals surface area contributed by atoms with Crippen LogP contribution in [-0.2, 0) is 5.41 Å². The summed E-state index contributed by atoms with van der Waals surface area (Å²) >= 11 is 0. The molecule has 0 unspecified atom stereocenters. The zero-order chi connectivity index (χ0) is 40.9. The Balaban J connectivity index is 1.03. The van der Waals surface area contributed by atoms with Gasteiger partial charge in [0.25, 0.3) is 0 Å². The molecule has 0 aromatic heterocycles. The maximum atomic E-state index is 2.55. The van der Waals surface area contributed by atoms with Crippen molar-refractivity contribution in [3.63, 3.8) is 0 Å². The van der Waals surface area contributed by atoms with Gasteiger partial charge in [0.2, 0.25) is 0 Å². The van der Waals surface area contributed by atoms with Crippen molar-refractivity contribution in [2.24, 2.45) is 0 Å². The van der Waals surface area contributed by atoms with Crippen LogP contribution in [0, 0.1) is 0 Å². The fourth-order valence-electron chi connectivity index (χ4n) is 9.48. The fourth-order valence-corrected chi connectivity index (χ4v) is 9.48. The summed E-state index contributed by atoms with van der Waals surface area (Å²) in [5.74, 6) is 0. The Kier molecular flexibility index (Phi) is 8.86. The van der Waals surface area contributed by atoms with Crippen LogP contribution in [0.4, 0.5) is 34.1 Å². The van der Waals surface area contributed by atoms with E-state index in [0.717, 1.165) is 17.1 Å². The minimum absolute atomic E-state index is 0.203. The lowest BCUT2D eigenvalue weighted by Gasteiger charge is -2.43. The molecule has 1 heterocycles. The largest absolute Gasteiger partial charge is 0.311 e. The summed E-state index contributed by atoms with van der Waals surface area (Å²) in [7, 11) is 0. The minimum atomic E-state index is -0.203. The van der Waals surface area contributed by atoms with Crippen molar-refractivity contribution in [3.05, 3.63) is 242 Å². The van der Waals surface area contributed by atoms with E-state index in [1.165, 1.54) is 83.1 Å². The normalized spacial score (nSPS) is 12.9. The summed E-state index contributed by atoms with van der Waals surface area (Å²) < 4.78 is 0. The number of benzene rings is 10. The van der Waals surface area contributed by atoms with Crippen LogP contribution < -0.4 is 9.80 Å². The highest BCUT2D eigenvalue weighted by atomic mass is 15.2. The van der Waals surface area contributed by atoms with E-state index in [4.69, 9.17) is 0 Å². The zero-order valence-electron chi connectivity index (χ0n) is 34.3. The predicted octanol–water partition coefficient (Wildman–Crippen LogP) is 16.6. The van der Waals surface area contributed by atoms with Crippen molar-refractivity contribution in [2.45, 2.75) is 19.3 Å². The maximum absolute atomic E-state index is 2.55. The van der Waals surface area contributed by atoms with Gasteiger partial charge in [-0.25, -0.2) is 0 Å². The first-order valence-corrected chi connectivity index (χ1v) is 21.2. The SMILES string of the molecule is CC1(C)c2ccccc2N(c2c(-c3ccc(-c4ccc(N(c5ccccc5)c5ccccc5)cc4)cc3)ccc3ccccc23)c2cc(-c3ccc4ccccc4c3)ccc21. The van der Waals surface area contributed by atoms with E-state index in [9.17, 15) is 0 Å². The Morgan fingerprint density at radius 1 is 0.344 bits per heavy atom. The summed E-state index contributed by atoms with van der Waals surface area (Å²) in [6.07, 6.45) is 0. The highest BCUT2D eigenvalue weighted by molar-refractivity contribution is 6.08. The molecule has 0 aliphatic carbocycles. The number of fused-ring (bicyclic) bond motifs is 4. The van der Waals surface area contributed by atoms with Crippen molar-refractivity contribution >= 4 is 55.7 Å². The number of para-hydroxylation sites is 3. The average Bonchev–Trinajstić information content (AvgIpc) is 3.32. The Bertz CT molecular complexity index is 3160. The molecule has 0 saturated carbocycles. The number of rotatable bonds is 7. The molecular formula is C59H44N2. The molecule has 0 bridgehead atoms. The lowest BCUT2D eigenvalue weighted by atomic mass is 9.73. The van der Waals surface area contributed by atoms with Gasteiger partial charge in [0.1, 0.15) is 0 Å². The summed E-state index contributed by atoms with van der Waals surface area (Å²) in [5, 5.41) is 4.93. The van der Waals surface area contributed by atoms with Crippen LogP contribution in [0.15, 0.2) is 231 Å². The third-order valence-corrected chi connectivity index (χ3v) is 12.6. The molecule has 10 aromatic carbocycles. The average molecular weight is 781 g/mol. The van der Waals surface area contributed by atoms with Gasteiger partial charge in [-0.15, -0.1) is 0 Å². The number of hydrogen-bond donors (Lipinski definition) is 0. The van der Waals surface area contributed by atoms with Crippen LogP contribution in [0.2, 0.25) is 0 Å². The van der Waals surface area contributed by atoms with Gasteiger partial charge in [-0.2, -0.15) is 0 Å². The quantitative estimate of drug-likeness (QED) is 0.159. The Morgan fingerprint density at radius 2 is 0.836 bits per heavy atom. The first-order valence-electron chi connectivity index (χ1n) is 21.2. The molecule has 0 saturated heterocycles. The second-order valence-corrected chi connectivity index (χ2v) is 16.6. The summed E-state index contributed by atoms with van der Waals surface area (Å²) in [5.41, 5.74) is 16.6. The van der Waals surface area contributed by atoms with Crippen LogP contribution in [-0.4, -0.2) is 0 Å². The van der Waals surface area contributed by atoms with Gasteiger partial charge in [-0.1, -0.05) is 190 Å². The lowest BCUT2D eigenvalue weighted by molar-refractivity contribution is 0.632. The summed E-state index contributed by atoms with van der Waals surface area (Å²) in [6, 6.07) is 84.2. The Morgan fingerprint density at radius 3 is 1.56 bits per heavy atom. The second-order valence-electron chi connectivity index (χ2n) is 16.6. The maximum Gasteiger partial charge on any atom is 0.0618 e. The van der Waals surface area contributed by atoms with Gasteiger partial charge < -0.3 is 9.80 Å². The van der Waals surface area contributed by atoms with E-state index < -0.39 is 0 Å². The van der Waals surface area contributed by atoms with E-state index >= 15 is 0 Å². The molecule has 61 heavy (non-hydrogen) atoms. The minimum Gasteiger partial charge on any atom is -0.311 e. The first kappa shape index (κ1) is 36.4. The third-order valence-electron chi connectivity index (χ3n) is 12.6. The molecule has 10 aromatic rings. The van der Waals surface area contributed by atoms with E-state index in [1.54, 1.807) is 0 Å². The second kappa shape index (κ2) is 14.9. The lowest BCUT2D eigenvalue weighted by Crippen LogP contribution is -2.31. The molecule has 0 amide bonds. The van der Waals surface area contributed by atoms with Gasteiger partial charge in [0.15, 0.2) is 0 Å². The Hall–Kier alpha value is -7.68. The molecule has 11 rings (SSSR count). The monoisotopic (exact) mass is 780 g/mol. The van der Waals surface area contributed by atoms with E-state index in [0.29, 0.717) is 0 Å². The molecule has 2 heteroatoms. The van der Waals surface area contributed by atoms with Crippen LogP contribution in [0.3, 0.4) is 0 Å². The van der Waals surface area contributed by atoms with Crippen LogP contribution in [0.1, 0.15) is 25.0 Å². The molecule has 1 aliphatic heterocycles. The van der Waals surface area contributed by atoms with Crippen molar-refractivity contribution in [2.75, 3.05) is 9.80 Å². The van der Waals surface area contributed by atoms with Crippen LogP contribution in [0.25, 0.3) is 54.9 Å². The smallest absolute Gasteiger partial charge is 0.0618 e. The Labute approximate surface area is 358 Å².